The quantitative estimate of drug-likeness (QED) is 0.556. The molecule has 0 radical (unpaired) electrons. The van der Waals surface area contributed by atoms with Crippen LogP contribution >= 0.6 is 0 Å². The van der Waals surface area contributed by atoms with E-state index in [1.165, 1.54) is 0 Å². The van der Waals surface area contributed by atoms with Gasteiger partial charge in [-0.2, -0.15) is 5.10 Å². The number of hydrogen-bond donors (Lipinski definition) is 3. The summed E-state index contributed by atoms with van der Waals surface area (Å²) in [6.45, 7) is 3.15. The molecular formula is C13H17N3O2. The molecule has 1 rings (SSSR count). The summed E-state index contributed by atoms with van der Waals surface area (Å²) >= 11 is 0. The summed E-state index contributed by atoms with van der Waals surface area (Å²) in [5.41, 5.74) is 7.14. The minimum absolute atomic E-state index is 0.310. The number of carbonyl (C=O) groups is 1. The average molecular weight is 247 g/mol. The Balaban J connectivity index is 2.89. The summed E-state index contributed by atoms with van der Waals surface area (Å²) in [4.78, 5) is 10.6. The molecule has 1 aromatic rings. The molecule has 0 bridgehead atoms. The number of rotatable bonds is 4. The zero-order chi connectivity index (χ0) is 13.6. The van der Waals surface area contributed by atoms with Gasteiger partial charge in [-0.25, -0.2) is 10.2 Å². The monoisotopic (exact) mass is 247 g/mol. The highest BCUT2D eigenvalue weighted by atomic mass is 16.3. The molecule has 0 heterocycles. The molecule has 0 aliphatic heterocycles. The Morgan fingerprint density at radius 3 is 2.50 bits per heavy atom. The van der Waals surface area contributed by atoms with Crippen molar-refractivity contribution in [2.45, 2.75) is 19.4 Å². The van der Waals surface area contributed by atoms with E-state index in [9.17, 15) is 9.90 Å². The second-order valence-corrected chi connectivity index (χ2v) is 4.28. The van der Waals surface area contributed by atoms with Crippen LogP contribution in [0.15, 0.2) is 41.5 Å². The number of benzene rings is 1. The molecule has 0 aromatic heterocycles. The first-order valence-electron chi connectivity index (χ1n) is 5.48. The predicted octanol–water partition coefficient (Wildman–Crippen LogP) is 1.49. The zero-order valence-electron chi connectivity index (χ0n) is 10.4. The summed E-state index contributed by atoms with van der Waals surface area (Å²) < 4.78 is 0. The van der Waals surface area contributed by atoms with E-state index in [0.29, 0.717) is 5.71 Å². The summed E-state index contributed by atoms with van der Waals surface area (Å²) in [6.07, 6.45) is 3.42. The minimum Gasteiger partial charge on any atom is -0.384 e. The van der Waals surface area contributed by atoms with E-state index in [4.69, 9.17) is 5.73 Å². The molecule has 0 saturated heterocycles. The number of nitrogens with two attached hydrogens (primary N) is 1. The molecule has 96 valence electrons. The van der Waals surface area contributed by atoms with Gasteiger partial charge in [-0.1, -0.05) is 36.4 Å². The Bertz CT molecular complexity index is 459. The van der Waals surface area contributed by atoms with Crippen molar-refractivity contribution in [3.63, 3.8) is 0 Å². The van der Waals surface area contributed by atoms with E-state index < -0.39 is 11.6 Å². The van der Waals surface area contributed by atoms with Crippen molar-refractivity contribution in [1.29, 1.82) is 0 Å². The lowest BCUT2D eigenvalue weighted by Gasteiger charge is -2.17. The van der Waals surface area contributed by atoms with Gasteiger partial charge in [0.1, 0.15) is 5.60 Å². The Morgan fingerprint density at radius 1 is 1.39 bits per heavy atom. The van der Waals surface area contributed by atoms with E-state index in [-0.39, 0.29) is 0 Å². The van der Waals surface area contributed by atoms with Gasteiger partial charge in [-0.3, -0.25) is 0 Å². The van der Waals surface area contributed by atoms with Gasteiger partial charge in [0.05, 0.1) is 5.71 Å². The number of nitrogens with one attached hydrogen (secondary N) is 1. The third-order valence-corrected chi connectivity index (χ3v) is 2.15. The SMILES string of the molecule is CC(C)(O)C(/C=C/c1ccccc1)=N\NC(N)=O. The summed E-state index contributed by atoms with van der Waals surface area (Å²) in [7, 11) is 0. The number of amides is 2. The fourth-order valence-electron chi connectivity index (χ4n) is 1.23. The Kier molecular flexibility index (Phi) is 4.62. The molecule has 2 amide bonds. The van der Waals surface area contributed by atoms with Crippen molar-refractivity contribution < 1.29 is 9.90 Å². The first kappa shape index (κ1) is 13.9. The highest BCUT2D eigenvalue weighted by Gasteiger charge is 2.19. The first-order chi connectivity index (χ1) is 8.39. The second-order valence-electron chi connectivity index (χ2n) is 4.28. The Labute approximate surface area is 106 Å². The van der Waals surface area contributed by atoms with Gasteiger partial charge >= 0.3 is 6.03 Å². The molecule has 4 N–H and O–H groups in total. The van der Waals surface area contributed by atoms with E-state index in [1.807, 2.05) is 30.3 Å². The molecule has 1 aromatic carbocycles. The zero-order valence-corrected chi connectivity index (χ0v) is 10.4. The van der Waals surface area contributed by atoms with Crippen molar-refractivity contribution in [3.8, 4) is 0 Å². The lowest BCUT2D eigenvalue weighted by Crippen LogP contribution is -2.34. The molecule has 0 aliphatic rings. The fraction of sp³-hybridized carbons (Fsp3) is 0.231. The lowest BCUT2D eigenvalue weighted by molar-refractivity contribution is 0.154. The van der Waals surface area contributed by atoms with Gasteiger partial charge < -0.3 is 10.8 Å². The van der Waals surface area contributed by atoms with Crippen molar-refractivity contribution in [3.05, 3.63) is 42.0 Å². The number of hydrazone groups is 1. The van der Waals surface area contributed by atoms with Gasteiger partial charge in [0.25, 0.3) is 0 Å². The Morgan fingerprint density at radius 2 is 2.00 bits per heavy atom. The molecule has 18 heavy (non-hydrogen) atoms. The third-order valence-electron chi connectivity index (χ3n) is 2.15. The number of urea groups is 1. The normalized spacial score (nSPS) is 12.7. The van der Waals surface area contributed by atoms with E-state index in [2.05, 4.69) is 10.5 Å². The maximum absolute atomic E-state index is 10.6. The van der Waals surface area contributed by atoms with Crippen LogP contribution < -0.4 is 11.2 Å². The van der Waals surface area contributed by atoms with E-state index >= 15 is 0 Å². The molecule has 0 spiro atoms. The average Bonchev–Trinajstić information content (AvgIpc) is 2.28. The number of hydrogen-bond acceptors (Lipinski definition) is 3. The maximum atomic E-state index is 10.6. The van der Waals surface area contributed by atoms with E-state index in [1.54, 1.807) is 26.0 Å². The molecule has 5 heteroatoms. The number of primary amides is 1. The second kappa shape index (κ2) is 5.97. The van der Waals surface area contributed by atoms with Crippen LogP contribution in [0.3, 0.4) is 0 Å². The van der Waals surface area contributed by atoms with Crippen LogP contribution in [0.25, 0.3) is 6.08 Å². The summed E-state index contributed by atoms with van der Waals surface area (Å²) in [5.74, 6) is 0. The maximum Gasteiger partial charge on any atom is 0.332 e. The number of aliphatic hydroxyl groups is 1. The van der Waals surface area contributed by atoms with E-state index in [0.717, 1.165) is 5.56 Å². The van der Waals surface area contributed by atoms with Crippen LogP contribution in [0, 0.1) is 0 Å². The van der Waals surface area contributed by atoms with Crippen molar-refractivity contribution in [2.75, 3.05) is 0 Å². The summed E-state index contributed by atoms with van der Waals surface area (Å²) in [5, 5.41) is 13.7. The van der Waals surface area contributed by atoms with Gasteiger partial charge in [0.15, 0.2) is 0 Å². The van der Waals surface area contributed by atoms with Crippen LogP contribution in [-0.4, -0.2) is 22.5 Å². The number of carbonyl (C=O) groups excluding carboxylic acids is 1. The molecule has 5 nitrogen and oxygen atoms in total. The molecule has 0 fully saturated rings. The minimum atomic E-state index is -1.17. The van der Waals surface area contributed by atoms with Crippen LogP contribution in [-0.2, 0) is 0 Å². The van der Waals surface area contributed by atoms with Crippen LogP contribution in [0.1, 0.15) is 19.4 Å². The molecule has 0 aliphatic carbocycles. The van der Waals surface area contributed by atoms with Crippen molar-refractivity contribution >= 4 is 17.8 Å². The first-order valence-corrected chi connectivity index (χ1v) is 5.48. The smallest absolute Gasteiger partial charge is 0.332 e. The Hall–Kier alpha value is -2.14. The highest BCUT2D eigenvalue weighted by molar-refractivity contribution is 6.04. The fourth-order valence-corrected chi connectivity index (χ4v) is 1.23. The van der Waals surface area contributed by atoms with Gasteiger partial charge in [-0.05, 0) is 25.5 Å². The van der Waals surface area contributed by atoms with Crippen LogP contribution in [0.4, 0.5) is 4.79 Å². The largest absolute Gasteiger partial charge is 0.384 e. The third kappa shape index (κ3) is 4.80. The van der Waals surface area contributed by atoms with Gasteiger partial charge in [0, 0.05) is 0 Å². The van der Waals surface area contributed by atoms with Crippen LogP contribution in [0.2, 0.25) is 0 Å². The highest BCUT2D eigenvalue weighted by Crippen LogP contribution is 2.08. The number of nitrogens with zero attached hydrogens (tertiary/aromatic N) is 1. The predicted molar refractivity (Wildman–Crippen MR) is 71.9 cm³/mol. The lowest BCUT2D eigenvalue weighted by atomic mass is 10.0. The van der Waals surface area contributed by atoms with Crippen LogP contribution in [0.5, 0.6) is 0 Å². The molecule has 0 saturated carbocycles. The molecule has 0 unspecified atom stereocenters. The van der Waals surface area contributed by atoms with Gasteiger partial charge in [0.2, 0.25) is 0 Å². The molecule has 0 atom stereocenters. The van der Waals surface area contributed by atoms with Crippen molar-refractivity contribution in [2.24, 2.45) is 10.8 Å². The van der Waals surface area contributed by atoms with Gasteiger partial charge in [-0.15, -0.1) is 0 Å². The molecular weight excluding hydrogens is 230 g/mol. The van der Waals surface area contributed by atoms with Crippen molar-refractivity contribution in [1.82, 2.24) is 5.43 Å². The standard InChI is InChI=1S/C13H17N3O2/c1-13(2,18)11(15-16-12(14)17)9-8-10-6-4-3-5-7-10/h3-9,18H,1-2H3,(H3,14,16,17)/b9-8+,15-11-. The summed E-state index contributed by atoms with van der Waals surface area (Å²) in [6, 6.07) is 8.78. The topological polar surface area (TPSA) is 87.7 Å².